The number of pyridine rings is 1. The van der Waals surface area contributed by atoms with E-state index in [9.17, 15) is 4.79 Å². The zero-order chi connectivity index (χ0) is 13.2. The Bertz CT molecular complexity index is 340. The fourth-order valence-electron chi connectivity index (χ4n) is 1.60. The molecular weight excluding hydrogens is 226 g/mol. The summed E-state index contributed by atoms with van der Waals surface area (Å²) in [6.45, 7) is 5.50. The highest BCUT2D eigenvalue weighted by Crippen LogP contribution is 1.96. The molecule has 0 fully saturated rings. The molecule has 1 aromatic heterocycles. The van der Waals surface area contributed by atoms with Crippen molar-refractivity contribution >= 4 is 5.91 Å². The van der Waals surface area contributed by atoms with E-state index >= 15 is 0 Å². The number of carbonyl (C=O) groups is 1. The molecule has 0 aromatic carbocycles. The Hall–Kier alpha value is -1.42. The monoisotopic (exact) mass is 249 g/mol. The van der Waals surface area contributed by atoms with Gasteiger partial charge in [-0.2, -0.15) is 0 Å². The number of nitrogens with zero attached hydrogens (tertiary/aromatic N) is 1. The molecule has 1 amide bonds. The summed E-state index contributed by atoms with van der Waals surface area (Å²) in [5, 5.41) is 6.14. The molecule has 1 aromatic rings. The molecule has 100 valence electrons. The van der Waals surface area contributed by atoms with E-state index in [0.29, 0.717) is 6.54 Å². The van der Waals surface area contributed by atoms with Crippen molar-refractivity contribution in [3.63, 3.8) is 0 Å². The maximum Gasteiger partial charge on any atom is 0.236 e. The highest BCUT2D eigenvalue weighted by atomic mass is 16.2. The zero-order valence-electron chi connectivity index (χ0n) is 11.3. The van der Waals surface area contributed by atoms with Crippen LogP contribution in [0.3, 0.4) is 0 Å². The second kappa shape index (κ2) is 8.64. The molecule has 1 rings (SSSR count). The number of hydrogen-bond donors (Lipinski definition) is 2. The van der Waals surface area contributed by atoms with Crippen molar-refractivity contribution in [2.24, 2.45) is 0 Å². The van der Waals surface area contributed by atoms with E-state index in [2.05, 4.69) is 22.5 Å². The largest absolute Gasteiger partial charge is 0.355 e. The minimum absolute atomic E-state index is 0.0696. The van der Waals surface area contributed by atoms with Crippen LogP contribution in [-0.4, -0.2) is 23.5 Å². The molecule has 0 aliphatic carbocycles. The van der Waals surface area contributed by atoms with Gasteiger partial charge in [-0.1, -0.05) is 19.8 Å². The molecule has 0 aliphatic heterocycles. The SMILES string of the molecule is CCCCCNC(=O)C(C)NCc1ccncc1. The average molecular weight is 249 g/mol. The molecule has 2 N–H and O–H groups in total. The van der Waals surface area contributed by atoms with Gasteiger partial charge in [-0.25, -0.2) is 0 Å². The molecule has 1 heterocycles. The van der Waals surface area contributed by atoms with Crippen LogP contribution < -0.4 is 10.6 Å². The molecule has 0 spiro atoms. The van der Waals surface area contributed by atoms with Gasteiger partial charge in [0, 0.05) is 25.5 Å². The molecule has 4 nitrogen and oxygen atoms in total. The van der Waals surface area contributed by atoms with E-state index < -0.39 is 0 Å². The number of hydrogen-bond acceptors (Lipinski definition) is 3. The normalized spacial score (nSPS) is 12.1. The molecular formula is C14H23N3O. The van der Waals surface area contributed by atoms with Crippen LogP contribution in [0.5, 0.6) is 0 Å². The van der Waals surface area contributed by atoms with E-state index in [-0.39, 0.29) is 11.9 Å². The second-order valence-corrected chi connectivity index (χ2v) is 4.46. The molecule has 18 heavy (non-hydrogen) atoms. The fourth-order valence-corrected chi connectivity index (χ4v) is 1.60. The number of unbranched alkanes of at least 4 members (excludes halogenated alkanes) is 2. The summed E-state index contributed by atoms with van der Waals surface area (Å²) >= 11 is 0. The number of carbonyl (C=O) groups excluding carboxylic acids is 1. The van der Waals surface area contributed by atoms with Gasteiger partial charge >= 0.3 is 0 Å². The molecule has 0 aliphatic rings. The van der Waals surface area contributed by atoms with Crippen LogP contribution in [0.2, 0.25) is 0 Å². The lowest BCUT2D eigenvalue weighted by molar-refractivity contribution is -0.122. The summed E-state index contributed by atoms with van der Waals surface area (Å²) in [6.07, 6.45) is 6.91. The standard InChI is InChI=1S/C14H23N3O/c1-3-4-5-8-16-14(18)12(2)17-11-13-6-9-15-10-7-13/h6-7,9-10,12,17H,3-5,8,11H2,1-2H3,(H,16,18). The summed E-state index contributed by atoms with van der Waals surface area (Å²) in [4.78, 5) is 15.7. The lowest BCUT2D eigenvalue weighted by Gasteiger charge is -2.13. The Labute approximate surface area is 109 Å². The Morgan fingerprint density at radius 3 is 2.72 bits per heavy atom. The van der Waals surface area contributed by atoms with Crippen LogP contribution >= 0.6 is 0 Å². The molecule has 1 unspecified atom stereocenters. The van der Waals surface area contributed by atoms with Gasteiger partial charge in [0.25, 0.3) is 0 Å². The average Bonchev–Trinajstić information content (AvgIpc) is 2.42. The molecule has 0 saturated heterocycles. The van der Waals surface area contributed by atoms with Crippen LogP contribution in [0, 0.1) is 0 Å². The third kappa shape index (κ3) is 5.77. The predicted molar refractivity (Wildman–Crippen MR) is 73.1 cm³/mol. The summed E-state index contributed by atoms with van der Waals surface area (Å²) < 4.78 is 0. The molecule has 0 radical (unpaired) electrons. The van der Waals surface area contributed by atoms with Crippen LogP contribution in [-0.2, 0) is 11.3 Å². The number of nitrogens with one attached hydrogen (secondary N) is 2. The third-order valence-electron chi connectivity index (χ3n) is 2.83. The van der Waals surface area contributed by atoms with Crippen molar-refractivity contribution in [2.45, 2.75) is 45.7 Å². The first-order valence-electron chi connectivity index (χ1n) is 6.64. The van der Waals surface area contributed by atoms with Crippen LogP contribution in [0.15, 0.2) is 24.5 Å². The quantitative estimate of drug-likeness (QED) is 0.692. The first kappa shape index (κ1) is 14.6. The Kier molecular flexibility index (Phi) is 7.03. The van der Waals surface area contributed by atoms with E-state index in [1.54, 1.807) is 12.4 Å². The first-order valence-corrected chi connectivity index (χ1v) is 6.64. The molecule has 1 atom stereocenters. The maximum atomic E-state index is 11.7. The minimum Gasteiger partial charge on any atom is -0.355 e. The number of aromatic nitrogens is 1. The van der Waals surface area contributed by atoms with E-state index in [1.165, 1.54) is 12.8 Å². The lowest BCUT2D eigenvalue weighted by Crippen LogP contribution is -2.42. The van der Waals surface area contributed by atoms with Gasteiger partial charge in [0.15, 0.2) is 0 Å². The van der Waals surface area contributed by atoms with E-state index in [1.807, 2.05) is 19.1 Å². The number of amides is 1. The van der Waals surface area contributed by atoms with Crippen molar-refractivity contribution < 1.29 is 4.79 Å². The van der Waals surface area contributed by atoms with Crippen molar-refractivity contribution in [1.29, 1.82) is 0 Å². The van der Waals surface area contributed by atoms with Crippen LogP contribution in [0.1, 0.15) is 38.7 Å². The molecule has 4 heteroatoms. The van der Waals surface area contributed by atoms with Crippen molar-refractivity contribution in [3.05, 3.63) is 30.1 Å². The van der Waals surface area contributed by atoms with Crippen LogP contribution in [0.4, 0.5) is 0 Å². The molecule has 0 saturated carbocycles. The van der Waals surface area contributed by atoms with Gasteiger partial charge in [-0.3, -0.25) is 9.78 Å². The summed E-state index contributed by atoms with van der Waals surface area (Å²) in [5.41, 5.74) is 1.13. The van der Waals surface area contributed by atoms with Crippen LogP contribution in [0.25, 0.3) is 0 Å². The Morgan fingerprint density at radius 1 is 1.33 bits per heavy atom. The smallest absolute Gasteiger partial charge is 0.236 e. The van der Waals surface area contributed by atoms with Gasteiger partial charge in [0.2, 0.25) is 5.91 Å². The van der Waals surface area contributed by atoms with Gasteiger partial charge in [0.05, 0.1) is 6.04 Å². The predicted octanol–water partition coefficient (Wildman–Crippen LogP) is 1.87. The van der Waals surface area contributed by atoms with Gasteiger partial charge in [-0.05, 0) is 31.0 Å². The lowest BCUT2D eigenvalue weighted by atomic mass is 10.2. The summed E-state index contributed by atoms with van der Waals surface area (Å²) in [6, 6.07) is 3.72. The minimum atomic E-state index is -0.167. The highest BCUT2D eigenvalue weighted by Gasteiger charge is 2.10. The van der Waals surface area contributed by atoms with E-state index in [4.69, 9.17) is 0 Å². The molecule has 0 bridgehead atoms. The topological polar surface area (TPSA) is 54.0 Å². The summed E-state index contributed by atoms with van der Waals surface area (Å²) in [5.74, 6) is 0.0696. The number of rotatable bonds is 8. The first-order chi connectivity index (χ1) is 8.74. The van der Waals surface area contributed by atoms with Crippen molar-refractivity contribution in [2.75, 3.05) is 6.54 Å². The maximum absolute atomic E-state index is 11.7. The highest BCUT2D eigenvalue weighted by molar-refractivity contribution is 5.81. The van der Waals surface area contributed by atoms with Crippen molar-refractivity contribution in [3.8, 4) is 0 Å². The fraction of sp³-hybridized carbons (Fsp3) is 0.571. The van der Waals surface area contributed by atoms with Crippen molar-refractivity contribution in [1.82, 2.24) is 15.6 Å². The second-order valence-electron chi connectivity index (χ2n) is 4.46. The van der Waals surface area contributed by atoms with E-state index in [0.717, 1.165) is 18.5 Å². The van der Waals surface area contributed by atoms with Gasteiger partial charge < -0.3 is 10.6 Å². The van der Waals surface area contributed by atoms with Gasteiger partial charge in [0.1, 0.15) is 0 Å². The summed E-state index contributed by atoms with van der Waals surface area (Å²) in [7, 11) is 0. The third-order valence-corrected chi connectivity index (χ3v) is 2.83. The Morgan fingerprint density at radius 2 is 2.06 bits per heavy atom. The zero-order valence-corrected chi connectivity index (χ0v) is 11.3. The Balaban J connectivity index is 2.19. The van der Waals surface area contributed by atoms with Gasteiger partial charge in [-0.15, -0.1) is 0 Å².